The van der Waals surface area contributed by atoms with Crippen molar-refractivity contribution in [2.24, 2.45) is 11.8 Å². The summed E-state index contributed by atoms with van der Waals surface area (Å²) < 4.78 is 13.8. The molecule has 3 aromatic rings. The highest BCUT2D eigenvalue weighted by Crippen LogP contribution is 2.46. The zero-order valence-electron chi connectivity index (χ0n) is 17.0. The predicted molar refractivity (Wildman–Crippen MR) is 112 cm³/mol. The van der Waals surface area contributed by atoms with Gasteiger partial charge in [0.1, 0.15) is 5.82 Å². The molecule has 0 radical (unpaired) electrons. The number of aromatic nitrogens is 2. The molecular formula is C24H25FN4O. The first-order valence-corrected chi connectivity index (χ1v) is 10.4. The first-order valence-electron chi connectivity index (χ1n) is 10.4. The van der Waals surface area contributed by atoms with E-state index in [0.29, 0.717) is 23.9 Å². The van der Waals surface area contributed by atoms with Gasteiger partial charge in [-0.1, -0.05) is 30.3 Å². The van der Waals surface area contributed by atoms with Crippen LogP contribution in [-0.2, 0) is 6.54 Å². The smallest absolute Gasteiger partial charge is 0.254 e. The number of H-pyrrole nitrogens is 1. The van der Waals surface area contributed by atoms with E-state index < -0.39 is 0 Å². The zero-order valence-corrected chi connectivity index (χ0v) is 17.0. The Morgan fingerprint density at radius 3 is 2.80 bits per heavy atom. The molecule has 2 aliphatic heterocycles. The third-order valence-corrected chi connectivity index (χ3v) is 6.53. The molecule has 1 amide bonds. The Kier molecular flexibility index (Phi) is 4.87. The number of imidazole rings is 1. The minimum Gasteiger partial charge on any atom is -0.347 e. The molecule has 5 rings (SSSR count). The predicted octanol–water partition coefficient (Wildman–Crippen LogP) is 3.80. The second-order valence-corrected chi connectivity index (χ2v) is 8.46. The van der Waals surface area contributed by atoms with Gasteiger partial charge in [-0.3, -0.25) is 9.69 Å². The molecule has 0 unspecified atom stereocenters. The monoisotopic (exact) mass is 404 g/mol. The third kappa shape index (κ3) is 3.41. The van der Waals surface area contributed by atoms with Gasteiger partial charge in [0.05, 0.1) is 12.4 Å². The number of nitrogens with zero attached hydrogens (tertiary/aromatic N) is 3. The summed E-state index contributed by atoms with van der Waals surface area (Å²) in [6.07, 6.45) is 3.58. The van der Waals surface area contributed by atoms with Crippen molar-refractivity contribution < 1.29 is 9.18 Å². The fourth-order valence-electron chi connectivity index (χ4n) is 5.19. The van der Waals surface area contributed by atoms with Crippen molar-refractivity contribution >= 4 is 5.91 Å². The van der Waals surface area contributed by atoms with Crippen molar-refractivity contribution in [1.29, 1.82) is 0 Å². The van der Waals surface area contributed by atoms with Crippen molar-refractivity contribution in [1.82, 2.24) is 19.8 Å². The molecule has 1 N–H and O–H groups in total. The Hall–Kier alpha value is -2.99. The fourth-order valence-corrected chi connectivity index (χ4v) is 5.19. The number of likely N-dealkylation sites (tertiary alicyclic amines) is 2. The summed E-state index contributed by atoms with van der Waals surface area (Å²) in [4.78, 5) is 25.1. The molecule has 0 bridgehead atoms. The molecule has 2 aliphatic rings. The number of fused-ring (bicyclic) bond motifs is 1. The average molecular weight is 404 g/mol. The standard InChI is InChI=1S/C24H25FN4O/c1-16-5-2-3-8-21(16)23-22-14-28(13-20-10-26-15-27-20)11-18(22)12-29(23)24(30)17-6-4-7-19(25)9-17/h2-10,15,18,22-23H,11-14H2,1H3,(H,26,27)/t18-,22-,23+/m0/s1. The van der Waals surface area contributed by atoms with Crippen molar-refractivity contribution in [2.75, 3.05) is 19.6 Å². The van der Waals surface area contributed by atoms with E-state index >= 15 is 0 Å². The minimum atomic E-state index is -0.376. The van der Waals surface area contributed by atoms with Crippen LogP contribution in [0.4, 0.5) is 4.39 Å². The van der Waals surface area contributed by atoms with Gasteiger partial charge < -0.3 is 9.88 Å². The van der Waals surface area contributed by atoms with E-state index in [4.69, 9.17) is 0 Å². The van der Waals surface area contributed by atoms with E-state index in [1.807, 2.05) is 23.2 Å². The summed E-state index contributed by atoms with van der Waals surface area (Å²) in [5.41, 5.74) is 3.91. The number of halogens is 1. The molecule has 0 saturated carbocycles. The number of carbonyl (C=O) groups is 1. The van der Waals surface area contributed by atoms with Gasteiger partial charge >= 0.3 is 0 Å². The lowest BCUT2D eigenvalue weighted by atomic mass is 9.87. The summed E-state index contributed by atoms with van der Waals surface area (Å²) in [6, 6.07) is 14.3. The lowest BCUT2D eigenvalue weighted by Gasteiger charge is -2.31. The van der Waals surface area contributed by atoms with Crippen molar-refractivity contribution in [3.05, 3.63) is 89.3 Å². The van der Waals surface area contributed by atoms with E-state index in [1.54, 1.807) is 18.5 Å². The Morgan fingerprint density at radius 2 is 2.03 bits per heavy atom. The normalized spacial score (nSPS) is 23.7. The number of rotatable bonds is 4. The molecular weight excluding hydrogens is 379 g/mol. The highest BCUT2D eigenvalue weighted by atomic mass is 19.1. The minimum absolute atomic E-state index is 0.00117. The van der Waals surface area contributed by atoms with Gasteiger partial charge in [0.25, 0.3) is 5.91 Å². The van der Waals surface area contributed by atoms with Crippen LogP contribution in [-0.4, -0.2) is 45.3 Å². The fraction of sp³-hybridized carbons (Fsp3) is 0.333. The van der Waals surface area contributed by atoms with Gasteiger partial charge in [-0.25, -0.2) is 9.37 Å². The average Bonchev–Trinajstić information content (AvgIpc) is 3.45. The van der Waals surface area contributed by atoms with Crippen LogP contribution in [0.1, 0.15) is 33.2 Å². The molecule has 1 aromatic heterocycles. The highest BCUT2D eigenvalue weighted by Gasteiger charge is 2.49. The maximum atomic E-state index is 13.8. The molecule has 154 valence electrons. The SMILES string of the molecule is Cc1ccccc1[C@@H]1[C@H]2CN(Cc3cnc[nH]3)C[C@H]2CN1C(=O)c1cccc(F)c1. The Balaban J connectivity index is 1.45. The summed E-state index contributed by atoms with van der Waals surface area (Å²) in [6.45, 7) is 5.50. The molecule has 0 spiro atoms. The number of benzene rings is 2. The zero-order chi connectivity index (χ0) is 20.7. The lowest BCUT2D eigenvalue weighted by molar-refractivity contribution is 0.0698. The second-order valence-electron chi connectivity index (χ2n) is 8.46. The maximum absolute atomic E-state index is 13.8. The van der Waals surface area contributed by atoms with Crippen LogP contribution in [0.2, 0.25) is 0 Å². The van der Waals surface area contributed by atoms with Gasteiger partial charge in [-0.15, -0.1) is 0 Å². The van der Waals surface area contributed by atoms with Crippen molar-refractivity contribution in [2.45, 2.75) is 19.5 Å². The second kappa shape index (κ2) is 7.69. The number of amides is 1. The molecule has 0 aliphatic carbocycles. The molecule has 30 heavy (non-hydrogen) atoms. The molecule has 2 aromatic carbocycles. The largest absolute Gasteiger partial charge is 0.347 e. The number of hydrogen-bond acceptors (Lipinski definition) is 3. The molecule has 2 saturated heterocycles. The van der Waals surface area contributed by atoms with Gasteiger partial charge in [-0.2, -0.15) is 0 Å². The Bertz CT molecular complexity index is 1050. The molecule has 2 fully saturated rings. The van der Waals surface area contributed by atoms with Crippen LogP contribution in [0.5, 0.6) is 0 Å². The number of nitrogens with one attached hydrogen (secondary N) is 1. The van der Waals surface area contributed by atoms with Crippen LogP contribution in [0.25, 0.3) is 0 Å². The molecule has 5 nitrogen and oxygen atoms in total. The molecule has 3 atom stereocenters. The summed E-state index contributed by atoms with van der Waals surface area (Å²) in [5.74, 6) is 0.289. The Labute approximate surface area is 175 Å². The number of aryl methyl sites for hydroxylation is 1. The summed E-state index contributed by atoms with van der Waals surface area (Å²) >= 11 is 0. The van der Waals surface area contributed by atoms with Crippen molar-refractivity contribution in [3.63, 3.8) is 0 Å². The number of carbonyl (C=O) groups excluding carboxylic acids is 1. The first kappa shape index (κ1) is 19.0. The maximum Gasteiger partial charge on any atom is 0.254 e. The van der Waals surface area contributed by atoms with E-state index in [1.165, 1.54) is 23.3 Å². The van der Waals surface area contributed by atoms with Gasteiger partial charge in [0.15, 0.2) is 0 Å². The number of hydrogen-bond donors (Lipinski definition) is 1. The third-order valence-electron chi connectivity index (χ3n) is 6.53. The van der Waals surface area contributed by atoms with E-state index in [2.05, 4.69) is 33.9 Å². The van der Waals surface area contributed by atoms with Crippen LogP contribution < -0.4 is 0 Å². The lowest BCUT2D eigenvalue weighted by Crippen LogP contribution is -2.36. The van der Waals surface area contributed by atoms with E-state index in [-0.39, 0.29) is 17.8 Å². The van der Waals surface area contributed by atoms with Gasteiger partial charge in [-0.05, 0) is 42.2 Å². The summed E-state index contributed by atoms with van der Waals surface area (Å²) in [7, 11) is 0. The molecule has 6 heteroatoms. The Morgan fingerprint density at radius 1 is 1.17 bits per heavy atom. The first-order chi connectivity index (χ1) is 14.6. The van der Waals surface area contributed by atoms with Crippen LogP contribution in [0.3, 0.4) is 0 Å². The quantitative estimate of drug-likeness (QED) is 0.720. The van der Waals surface area contributed by atoms with Crippen molar-refractivity contribution in [3.8, 4) is 0 Å². The van der Waals surface area contributed by atoms with Crippen LogP contribution in [0.15, 0.2) is 61.1 Å². The topological polar surface area (TPSA) is 52.2 Å². The van der Waals surface area contributed by atoms with Crippen LogP contribution >= 0.6 is 0 Å². The van der Waals surface area contributed by atoms with E-state index in [9.17, 15) is 9.18 Å². The van der Waals surface area contributed by atoms with Gasteiger partial charge in [0, 0.05) is 49.6 Å². The number of aromatic amines is 1. The van der Waals surface area contributed by atoms with Crippen LogP contribution in [0, 0.1) is 24.6 Å². The van der Waals surface area contributed by atoms with Gasteiger partial charge in [0.2, 0.25) is 0 Å². The summed E-state index contributed by atoms with van der Waals surface area (Å²) in [5, 5.41) is 0. The van der Waals surface area contributed by atoms with E-state index in [0.717, 1.165) is 25.3 Å². The molecule has 3 heterocycles. The highest BCUT2D eigenvalue weighted by molar-refractivity contribution is 5.94.